The molecule has 1 amide bonds. The Kier molecular flexibility index (Phi) is 6.65. The summed E-state index contributed by atoms with van der Waals surface area (Å²) in [6.07, 6.45) is 2.40. The van der Waals surface area contributed by atoms with E-state index in [0.717, 1.165) is 23.3 Å². The lowest BCUT2D eigenvalue weighted by molar-refractivity contribution is 0.0600. The van der Waals surface area contributed by atoms with Crippen molar-refractivity contribution in [2.45, 2.75) is 32.8 Å². The summed E-state index contributed by atoms with van der Waals surface area (Å²) < 4.78 is 69.2. The number of thiophene rings is 1. The standard InChI is InChI=1S/C23H19F4NO5S/c1-10-3-5-12-16(7-10)34-22(17(12)23(30)31-2)28-21(29)15-6-4-11(33-15)9-32-20-18(26)13(24)8-14(25)19(20)27/h4,6,8,10H,3,5,7,9H2,1-2H3,(H,28,29). The average molecular weight is 497 g/mol. The van der Waals surface area contributed by atoms with Gasteiger partial charge in [0.05, 0.1) is 12.7 Å². The summed E-state index contributed by atoms with van der Waals surface area (Å²) in [5.41, 5.74) is 1.18. The number of amides is 1. The quantitative estimate of drug-likeness (QED) is 0.271. The number of carbonyl (C=O) groups is 2. The molecule has 34 heavy (non-hydrogen) atoms. The molecule has 1 atom stereocenters. The lowest BCUT2D eigenvalue weighted by Gasteiger charge is -2.18. The number of nitrogens with one attached hydrogen (secondary N) is 1. The van der Waals surface area contributed by atoms with E-state index in [9.17, 15) is 27.2 Å². The van der Waals surface area contributed by atoms with Crippen molar-refractivity contribution in [3.05, 3.63) is 69.0 Å². The highest BCUT2D eigenvalue weighted by Gasteiger charge is 2.29. The molecule has 3 aromatic rings. The molecule has 2 aromatic heterocycles. The number of hydrogen-bond donors (Lipinski definition) is 1. The highest BCUT2D eigenvalue weighted by Crippen LogP contribution is 2.40. The maximum atomic E-state index is 13.7. The van der Waals surface area contributed by atoms with Crippen LogP contribution in [0.3, 0.4) is 0 Å². The Morgan fingerprint density at radius 2 is 1.88 bits per heavy atom. The van der Waals surface area contributed by atoms with Crippen LogP contribution in [-0.2, 0) is 24.2 Å². The normalized spacial score (nSPS) is 15.1. The Labute approximate surface area is 195 Å². The summed E-state index contributed by atoms with van der Waals surface area (Å²) in [7, 11) is 1.26. The molecule has 1 aliphatic rings. The van der Waals surface area contributed by atoms with Gasteiger partial charge in [-0.3, -0.25) is 4.79 Å². The van der Waals surface area contributed by atoms with Gasteiger partial charge in [0.1, 0.15) is 17.4 Å². The van der Waals surface area contributed by atoms with E-state index in [1.807, 2.05) is 0 Å². The average Bonchev–Trinajstić information content (AvgIpc) is 3.41. The minimum atomic E-state index is -1.69. The Balaban J connectivity index is 1.50. The number of rotatable bonds is 6. The van der Waals surface area contributed by atoms with Gasteiger partial charge in [-0.1, -0.05) is 6.92 Å². The maximum absolute atomic E-state index is 13.7. The maximum Gasteiger partial charge on any atom is 0.341 e. The Bertz CT molecular complexity index is 1240. The molecular formula is C23H19F4NO5S. The van der Waals surface area contributed by atoms with Crippen molar-refractivity contribution in [2.24, 2.45) is 5.92 Å². The number of anilines is 1. The molecule has 1 unspecified atom stereocenters. The first-order valence-corrected chi connectivity index (χ1v) is 11.1. The zero-order valence-electron chi connectivity index (χ0n) is 18.1. The molecule has 0 aliphatic heterocycles. The van der Waals surface area contributed by atoms with Crippen molar-refractivity contribution in [3.8, 4) is 5.75 Å². The Morgan fingerprint density at radius 1 is 1.18 bits per heavy atom. The summed E-state index contributed by atoms with van der Waals surface area (Å²) in [6.45, 7) is 1.52. The Morgan fingerprint density at radius 3 is 2.56 bits per heavy atom. The summed E-state index contributed by atoms with van der Waals surface area (Å²) in [4.78, 5) is 26.1. The van der Waals surface area contributed by atoms with Gasteiger partial charge >= 0.3 is 5.97 Å². The molecule has 2 heterocycles. The van der Waals surface area contributed by atoms with Crippen molar-refractivity contribution in [1.29, 1.82) is 0 Å². The fourth-order valence-corrected chi connectivity index (χ4v) is 5.11. The van der Waals surface area contributed by atoms with E-state index in [2.05, 4.69) is 12.2 Å². The molecule has 1 aliphatic carbocycles. The summed E-state index contributed by atoms with van der Waals surface area (Å²) >= 11 is 1.30. The van der Waals surface area contributed by atoms with Crippen LogP contribution in [0.1, 0.15) is 50.5 Å². The second-order valence-corrected chi connectivity index (χ2v) is 8.96. The third kappa shape index (κ3) is 4.52. The summed E-state index contributed by atoms with van der Waals surface area (Å²) in [6, 6.07) is 2.67. The van der Waals surface area contributed by atoms with Gasteiger partial charge in [0.25, 0.3) is 5.91 Å². The highest BCUT2D eigenvalue weighted by molar-refractivity contribution is 7.17. The van der Waals surface area contributed by atoms with Gasteiger partial charge < -0.3 is 19.2 Å². The number of benzene rings is 1. The molecule has 1 N–H and O–H groups in total. The van der Waals surface area contributed by atoms with Crippen LogP contribution in [-0.4, -0.2) is 19.0 Å². The first-order chi connectivity index (χ1) is 16.2. The number of carbonyl (C=O) groups excluding carboxylic acids is 2. The minimum Gasteiger partial charge on any atom is -0.479 e. The number of ether oxygens (including phenoxy) is 2. The van der Waals surface area contributed by atoms with Crippen molar-refractivity contribution in [1.82, 2.24) is 0 Å². The monoisotopic (exact) mass is 497 g/mol. The smallest absolute Gasteiger partial charge is 0.341 e. The molecule has 0 spiro atoms. The minimum absolute atomic E-state index is 0.0268. The number of hydrogen-bond acceptors (Lipinski definition) is 6. The molecule has 4 rings (SSSR count). The number of methoxy groups -OCH3 is 1. The molecular weight excluding hydrogens is 478 g/mol. The third-order valence-corrected chi connectivity index (χ3v) is 6.61. The van der Waals surface area contributed by atoms with Crippen LogP contribution >= 0.6 is 11.3 Å². The van der Waals surface area contributed by atoms with Crippen LogP contribution in [0.5, 0.6) is 5.75 Å². The predicted octanol–water partition coefficient (Wildman–Crippen LogP) is 5.64. The van der Waals surface area contributed by atoms with E-state index >= 15 is 0 Å². The molecule has 0 fully saturated rings. The lowest BCUT2D eigenvalue weighted by Crippen LogP contribution is -2.15. The largest absolute Gasteiger partial charge is 0.479 e. The molecule has 11 heteroatoms. The van der Waals surface area contributed by atoms with Crippen molar-refractivity contribution >= 4 is 28.2 Å². The third-order valence-electron chi connectivity index (χ3n) is 5.44. The fourth-order valence-electron chi connectivity index (χ4n) is 3.72. The van der Waals surface area contributed by atoms with Gasteiger partial charge in [-0.25, -0.2) is 13.6 Å². The molecule has 0 saturated carbocycles. The van der Waals surface area contributed by atoms with E-state index in [0.29, 0.717) is 22.9 Å². The van der Waals surface area contributed by atoms with Crippen molar-refractivity contribution < 1.29 is 41.0 Å². The topological polar surface area (TPSA) is 77.8 Å². The predicted molar refractivity (Wildman–Crippen MR) is 114 cm³/mol. The van der Waals surface area contributed by atoms with E-state index in [4.69, 9.17) is 13.9 Å². The van der Waals surface area contributed by atoms with Crippen LogP contribution in [0.15, 0.2) is 22.6 Å². The SMILES string of the molecule is COC(=O)c1c(NC(=O)c2ccc(COc3c(F)c(F)cc(F)c3F)o2)sc2c1CCC(C)C2. The fraction of sp³-hybridized carbons (Fsp3) is 0.304. The van der Waals surface area contributed by atoms with Gasteiger partial charge in [0, 0.05) is 10.9 Å². The molecule has 0 radical (unpaired) electrons. The van der Waals surface area contributed by atoms with Gasteiger partial charge in [-0.05, 0) is 42.9 Å². The number of esters is 1. The van der Waals surface area contributed by atoms with E-state index in [-0.39, 0.29) is 17.6 Å². The number of fused-ring (bicyclic) bond motifs is 1. The molecule has 180 valence electrons. The first-order valence-electron chi connectivity index (χ1n) is 10.3. The zero-order valence-corrected chi connectivity index (χ0v) is 18.9. The van der Waals surface area contributed by atoms with Crippen molar-refractivity contribution in [3.63, 3.8) is 0 Å². The second kappa shape index (κ2) is 9.49. The molecule has 0 saturated heterocycles. The van der Waals surface area contributed by atoms with Crippen LogP contribution in [0.2, 0.25) is 0 Å². The van der Waals surface area contributed by atoms with E-state index < -0.39 is 47.5 Å². The van der Waals surface area contributed by atoms with E-state index in [1.165, 1.54) is 30.6 Å². The number of furan rings is 1. The molecule has 1 aromatic carbocycles. The summed E-state index contributed by atoms with van der Waals surface area (Å²) in [5, 5.41) is 3.00. The van der Waals surface area contributed by atoms with E-state index in [1.54, 1.807) is 0 Å². The summed E-state index contributed by atoms with van der Waals surface area (Å²) in [5.74, 6) is -8.79. The van der Waals surface area contributed by atoms with Gasteiger partial charge in [-0.2, -0.15) is 8.78 Å². The molecule has 6 nitrogen and oxygen atoms in total. The first kappa shape index (κ1) is 23.8. The van der Waals surface area contributed by atoms with Crippen LogP contribution < -0.4 is 10.1 Å². The second-order valence-electron chi connectivity index (χ2n) is 7.85. The van der Waals surface area contributed by atoms with Gasteiger partial charge in [0.15, 0.2) is 23.1 Å². The number of halogens is 4. The van der Waals surface area contributed by atoms with Crippen molar-refractivity contribution in [2.75, 3.05) is 12.4 Å². The van der Waals surface area contributed by atoms with Crippen LogP contribution in [0.25, 0.3) is 0 Å². The Hall–Kier alpha value is -3.34. The van der Waals surface area contributed by atoms with Gasteiger partial charge in [0.2, 0.25) is 11.6 Å². The highest BCUT2D eigenvalue weighted by atomic mass is 32.1. The zero-order chi connectivity index (χ0) is 24.6. The molecule has 0 bridgehead atoms. The van der Waals surface area contributed by atoms with Gasteiger partial charge in [-0.15, -0.1) is 11.3 Å². The van der Waals surface area contributed by atoms with Crippen LogP contribution in [0, 0.1) is 29.2 Å². The lowest BCUT2D eigenvalue weighted by atomic mass is 9.88. The van der Waals surface area contributed by atoms with Crippen LogP contribution in [0.4, 0.5) is 22.6 Å².